The summed E-state index contributed by atoms with van der Waals surface area (Å²) in [6.07, 6.45) is 0.761. The van der Waals surface area contributed by atoms with E-state index in [4.69, 9.17) is 26.3 Å². The van der Waals surface area contributed by atoms with Crippen LogP contribution in [0.3, 0.4) is 0 Å². The fourth-order valence-electron chi connectivity index (χ4n) is 3.01. The van der Waals surface area contributed by atoms with E-state index in [-0.39, 0.29) is 23.4 Å². The highest BCUT2D eigenvalue weighted by molar-refractivity contribution is 6.31. The van der Waals surface area contributed by atoms with E-state index in [0.29, 0.717) is 21.9 Å². The van der Waals surface area contributed by atoms with Crippen molar-refractivity contribution in [2.75, 3.05) is 0 Å². The molecule has 26 heavy (non-hydrogen) atoms. The molecule has 1 fully saturated rings. The number of Topliss-reactive ketones (excluding diaryl/α,β-unsaturated/α-hetero) is 1. The maximum Gasteiger partial charge on any atom is 0.159 e. The third-order valence-corrected chi connectivity index (χ3v) is 5.28. The topological polar surface area (TPSA) is 59.3 Å². The van der Waals surface area contributed by atoms with Gasteiger partial charge in [0.2, 0.25) is 0 Å². The zero-order valence-electron chi connectivity index (χ0n) is 15.0. The van der Waals surface area contributed by atoms with Crippen molar-refractivity contribution in [1.82, 2.24) is 0 Å². The second kappa shape index (κ2) is 7.01. The van der Waals surface area contributed by atoms with Gasteiger partial charge in [0, 0.05) is 23.5 Å². The Labute approximate surface area is 158 Å². The van der Waals surface area contributed by atoms with E-state index in [0.717, 1.165) is 12.2 Å². The lowest BCUT2D eigenvalue weighted by molar-refractivity contribution is -0.121. The summed E-state index contributed by atoms with van der Waals surface area (Å²) >= 11 is 6.07. The lowest BCUT2D eigenvalue weighted by Gasteiger charge is -2.50. The van der Waals surface area contributed by atoms with Crippen LogP contribution in [0.1, 0.15) is 43.1 Å². The summed E-state index contributed by atoms with van der Waals surface area (Å²) < 4.78 is 12.1. The fourth-order valence-corrected chi connectivity index (χ4v) is 3.22. The van der Waals surface area contributed by atoms with Gasteiger partial charge in [0.25, 0.3) is 0 Å². The van der Waals surface area contributed by atoms with Crippen LogP contribution in [0.4, 0.5) is 0 Å². The number of carbonyl (C=O) groups excluding carboxylic acids is 1. The van der Waals surface area contributed by atoms with Crippen LogP contribution in [-0.2, 0) is 0 Å². The van der Waals surface area contributed by atoms with Crippen LogP contribution < -0.4 is 9.47 Å². The van der Waals surface area contributed by atoms with Gasteiger partial charge in [0.1, 0.15) is 29.8 Å². The number of benzene rings is 2. The highest BCUT2D eigenvalue weighted by atomic mass is 35.5. The average Bonchev–Trinajstić information content (AvgIpc) is 2.61. The summed E-state index contributed by atoms with van der Waals surface area (Å²) in [6.45, 7) is 5.74. The zero-order valence-corrected chi connectivity index (χ0v) is 15.7. The molecule has 0 aliphatic heterocycles. The van der Waals surface area contributed by atoms with Crippen molar-refractivity contribution in [3.63, 3.8) is 0 Å². The molecule has 5 heteroatoms. The molecule has 0 heterocycles. The van der Waals surface area contributed by atoms with Gasteiger partial charge in [-0.05, 0) is 43.3 Å². The molecular weight excluding hydrogens is 350 g/mol. The lowest BCUT2D eigenvalue weighted by Crippen LogP contribution is -2.58. The lowest BCUT2D eigenvalue weighted by atomic mass is 9.66. The SMILES string of the molecule is CC(=O)c1ccc(O[C@H]2C[C@H](Oc3ccc(C#N)c(Cl)c3)C2(C)C)cc1. The molecule has 0 spiro atoms. The molecule has 0 saturated heterocycles. The maximum absolute atomic E-state index is 11.3. The molecule has 3 rings (SSSR count). The summed E-state index contributed by atoms with van der Waals surface area (Å²) in [6, 6.07) is 14.3. The van der Waals surface area contributed by atoms with Gasteiger partial charge in [-0.2, -0.15) is 5.26 Å². The number of carbonyl (C=O) groups is 1. The Bertz CT molecular complexity index is 868. The third-order valence-electron chi connectivity index (χ3n) is 4.97. The normalized spacial score (nSPS) is 20.6. The van der Waals surface area contributed by atoms with Crippen LogP contribution >= 0.6 is 11.6 Å². The van der Waals surface area contributed by atoms with Gasteiger partial charge in [0.05, 0.1) is 10.6 Å². The van der Waals surface area contributed by atoms with Gasteiger partial charge in [0.15, 0.2) is 5.78 Å². The number of hydrogen-bond donors (Lipinski definition) is 0. The molecule has 0 aromatic heterocycles. The predicted octanol–water partition coefficient (Wildman–Crippen LogP) is 5.04. The Morgan fingerprint density at radius 3 is 2.19 bits per heavy atom. The van der Waals surface area contributed by atoms with Crippen LogP contribution in [0.5, 0.6) is 11.5 Å². The summed E-state index contributed by atoms with van der Waals surface area (Å²) in [5.41, 5.74) is 0.922. The summed E-state index contributed by atoms with van der Waals surface area (Å²) in [5, 5.41) is 9.33. The summed E-state index contributed by atoms with van der Waals surface area (Å²) in [5.74, 6) is 1.43. The number of nitriles is 1. The van der Waals surface area contributed by atoms with E-state index in [1.165, 1.54) is 0 Å². The van der Waals surface area contributed by atoms with Gasteiger partial charge in [-0.25, -0.2) is 0 Å². The Hall–Kier alpha value is -2.51. The number of hydrogen-bond acceptors (Lipinski definition) is 4. The van der Waals surface area contributed by atoms with Crippen molar-refractivity contribution in [1.29, 1.82) is 5.26 Å². The molecule has 1 aliphatic rings. The van der Waals surface area contributed by atoms with Gasteiger partial charge >= 0.3 is 0 Å². The standard InChI is InChI=1S/C21H20ClNO3/c1-13(24)14-4-7-16(8-5-14)25-19-11-20(21(19,2)3)26-17-9-6-15(12-23)18(22)10-17/h4-10,19-20H,11H2,1-3H3/t19-,20-/m0/s1. The second-order valence-electron chi connectivity index (χ2n) is 7.10. The summed E-state index contributed by atoms with van der Waals surface area (Å²) in [4.78, 5) is 11.3. The molecule has 4 nitrogen and oxygen atoms in total. The molecule has 0 amide bonds. The molecule has 134 valence electrons. The molecule has 2 aromatic carbocycles. The first-order chi connectivity index (χ1) is 12.3. The number of rotatable bonds is 5. The molecule has 1 saturated carbocycles. The van der Waals surface area contributed by atoms with Crippen LogP contribution in [0.2, 0.25) is 5.02 Å². The van der Waals surface area contributed by atoms with Crippen LogP contribution in [0.15, 0.2) is 42.5 Å². The van der Waals surface area contributed by atoms with Crippen LogP contribution in [-0.4, -0.2) is 18.0 Å². The third kappa shape index (κ3) is 3.54. The van der Waals surface area contributed by atoms with E-state index in [2.05, 4.69) is 13.8 Å². The quantitative estimate of drug-likeness (QED) is 0.693. The van der Waals surface area contributed by atoms with Gasteiger partial charge in [-0.1, -0.05) is 25.4 Å². The van der Waals surface area contributed by atoms with Crippen molar-refractivity contribution >= 4 is 17.4 Å². The van der Waals surface area contributed by atoms with Crippen LogP contribution in [0.25, 0.3) is 0 Å². The molecule has 0 N–H and O–H groups in total. The maximum atomic E-state index is 11.3. The van der Waals surface area contributed by atoms with Crippen LogP contribution in [0, 0.1) is 16.7 Å². The van der Waals surface area contributed by atoms with E-state index in [1.807, 2.05) is 18.2 Å². The molecule has 0 unspecified atom stereocenters. The predicted molar refractivity (Wildman–Crippen MR) is 99.8 cm³/mol. The monoisotopic (exact) mass is 369 g/mol. The van der Waals surface area contributed by atoms with E-state index in [9.17, 15) is 4.79 Å². The van der Waals surface area contributed by atoms with Gasteiger partial charge in [-0.15, -0.1) is 0 Å². The second-order valence-corrected chi connectivity index (χ2v) is 7.51. The minimum atomic E-state index is -0.181. The molecule has 2 aromatic rings. The number of ether oxygens (including phenoxy) is 2. The first-order valence-electron chi connectivity index (χ1n) is 8.45. The van der Waals surface area contributed by atoms with E-state index in [1.54, 1.807) is 37.3 Å². The Balaban J connectivity index is 1.63. The minimum absolute atomic E-state index is 0.00649. The summed E-state index contributed by atoms with van der Waals surface area (Å²) in [7, 11) is 0. The van der Waals surface area contributed by atoms with E-state index < -0.39 is 0 Å². The minimum Gasteiger partial charge on any atom is -0.490 e. The number of ketones is 1. The first kappa shape index (κ1) is 18.3. The molecule has 1 aliphatic carbocycles. The van der Waals surface area contributed by atoms with Crippen molar-refractivity contribution in [3.8, 4) is 17.6 Å². The smallest absolute Gasteiger partial charge is 0.159 e. The van der Waals surface area contributed by atoms with E-state index >= 15 is 0 Å². The fraction of sp³-hybridized carbons (Fsp3) is 0.333. The first-order valence-corrected chi connectivity index (χ1v) is 8.83. The van der Waals surface area contributed by atoms with Gasteiger partial charge < -0.3 is 9.47 Å². The highest BCUT2D eigenvalue weighted by Crippen LogP contribution is 2.45. The Morgan fingerprint density at radius 2 is 1.69 bits per heavy atom. The van der Waals surface area contributed by atoms with Crippen molar-refractivity contribution in [2.24, 2.45) is 5.41 Å². The molecule has 0 bridgehead atoms. The number of halogens is 1. The zero-order chi connectivity index (χ0) is 18.9. The van der Waals surface area contributed by atoms with Crippen molar-refractivity contribution in [2.45, 2.75) is 39.4 Å². The Morgan fingerprint density at radius 1 is 1.12 bits per heavy atom. The highest BCUT2D eigenvalue weighted by Gasteiger charge is 2.52. The molecule has 0 radical (unpaired) electrons. The Kier molecular flexibility index (Phi) is 4.93. The van der Waals surface area contributed by atoms with Crippen molar-refractivity contribution in [3.05, 3.63) is 58.6 Å². The number of nitrogens with zero attached hydrogens (tertiary/aromatic N) is 1. The average molecular weight is 370 g/mol. The molecule has 2 atom stereocenters. The van der Waals surface area contributed by atoms with Gasteiger partial charge in [-0.3, -0.25) is 4.79 Å². The molecular formula is C21H20ClNO3. The largest absolute Gasteiger partial charge is 0.490 e. The van der Waals surface area contributed by atoms with Crippen molar-refractivity contribution < 1.29 is 14.3 Å².